The Kier molecular flexibility index (Phi) is 4.52. The molecule has 0 amide bonds. The summed E-state index contributed by atoms with van der Waals surface area (Å²) in [5, 5.41) is 4.73. The van der Waals surface area contributed by atoms with E-state index in [4.69, 9.17) is 17.4 Å². The highest BCUT2D eigenvalue weighted by molar-refractivity contribution is 6.31. The number of nitrogens with zero attached hydrogens (tertiary/aromatic N) is 2. The first-order valence-corrected chi connectivity index (χ1v) is 6.48. The first-order chi connectivity index (χ1) is 9.17. The lowest BCUT2D eigenvalue weighted by atomic mass is 10.0. The Balaban J connectivity index is 2.44. The number of benzene rings is 1. The number of aromatic nitrogens is 2. The number of hydrogen-bond acceptors (Lipinski definition) is 3. The summed E-state index contributed by atoms with van der Waals surface area (Å²) in [7, 11) is 0. The van der Waals surface area contributed by atoms with Gasteiger partial charge in [0.05, 0.1) is 23.0 Å². The van der Waals surface area contributed by atoms with Crippen LogP contribution in [-0.2, 0) is 6.54 Å². The monoisotopic (exact) mass is 282 g/mol. The van der Waals surface area contributed by atoms with Crippen molar-refractivity contribution in [3.8, 4) is 0 Å². The van der Waals surface area contributed by atoms with E-state index in [1.165, 1.54) is 12.1 Å². The van der Waals surface area contributed by atoms with Crippen molar-refractivity contribution in [3.63, 3.8) is 0 Å². The predicted molar refractivity (Wildman–Crippen MR) is 73.1 cm³/mol. The van der Waals surface area contributed by atoms with Crippen LogP contribution in [0.4, 0.5) is 4.39 Å². The van der Waals surface area contributed by atoms with Gasteiger partial charge in [-0.15, -0.1) is 0 Å². The van der Waals surface area contributed by atoms with E-state index < -0.39 is 6.04 Å². The highest BCUT2D eigenvalue weighted by Crippen LogP contribution is 2.28. The van der Waals surface area contributed by atoms with Gasteiger partial charge in [-0.3, -0.25) is 10.5 Å². The average molecular weight is 283 g/mol. The van der Waals surface area contributed by atoms with Gasteiger partial charge < -0.3 is 0 Å². The molecule has 0 aliphatic heterocycles. The molecule has 2 aromatic rings. The molecule has 0 bridgehead atoms. The molecule has 1 aromatic carbocycles. The van der Waals surface area contributed by atoms with Crippen molar-refractivity contribution >= 4 is 11.6 Å². The lowest BCUT2D eigenvalue weighted by molar-refractivity contribution is 0.518. The van der Waals surface area contributed by atoms with Crippen LogP contribution in [0.3, 0.4) is 0 Å². The quantitative estimate of drug-likeness (QED) is 0.655. The summed E-state index contributed by atoms with van der Waals surface area (Å²) in [6.45, 7) is 2.78. The van der Waals surface area contributed by atoms with E-state index in [1.54, 1.807) is 23.0 Å². The number of rotatable bonds is 5. The van der Waals surface area contributed by atoms with E-state index in [1.807, 2.05) is 6.92 Å². The highest BCUT2D eigenvalue weighted by Gasteiger charge is 2.21. The summed E-state index contributed by atoms with van der Waals surface area (Å²) in [4.78, 5) is 0. The van der Waals surface area contributed by atoms with E-state index in [-0.39, 0.29) is 5.82 Å². The van der Waals surface area contributed by atoms with Crippen LogP contribution in [0.1, 0.15) is 30.6 Å². The summed E-state index contributed by atoms with van der Waals surface area (Å²) in [6, 6.07) is 5.88. The Hall–Kier alpha value is -1.43. The molecule has 0 aliphatic rings. The van der Waals surface area contributed by atoms with Crippen LogP contribution in [0.5, 0.6) is 0 Å². The molecule has 2 rings (SSSR count). The Morgan fingerprint density at radius 1 is 1.53 bits per heavy atom. The van der Waals surface area contributed by atoms with Crippen LogP contribution in [-0.4, -0.2) is 9.78 Å². The smallest absolute Gasteiger partial charge is 0.123 e. The fourth-order valence-electron chi connectivity index (χ4n) is 2.07. The first-order valence-electron chi connectivity index (χ1n) is 6.10. The van der Waals surface area contributed by atoms with Crippen molar-refractivity contribution in [2.45, 2.75) is 25.9 Å². The SMILES string of the molecule is CCCn1ncc(Cl)c1C(NN)c1cccc(F)c1. The van der Waals surface area contributed by atoms with Crippen molar-refractivity contribution in [1.29, 1.82) is 0 Å². The topological polar surface area (TPSA) is 55.9 Å². The van der Waals surface area contributed by atoms with Crippen molar-refractivity contribution < 1.29 is 4.39 Å². The molecule has 4 nitrogen and oxygen atoms in total. The lowest BCUT2D eigenvalue weighted by Gasteiger charge is -2.18. The number of nitrogens with one attached hydrogen (secondary N) is 1. The molecule has 0 saturated heterocycles. The molecular weight excluding hydrogens is 267 g/mol. The molecule has 3 N–H and O–H groups in total. The largest absolute Gasteiger partial charge is 0.271 e. The number of aryl methyl sites for hydroxylation is 1. The molecule has 0 spiro atoms. The second-order valence-corrected chi connectivity index (χ2v) is 4.66. The maximum absolute atomic E-state index is 13.3. The molecule has 0 aliphatic carbocycles. The fourth-order valence-corrected chi connectivity index (χ4v) is 2.32. The summed E-state index contributed by atoms with van der Waals surface area (Å²) >= 11 is 6.17. The van der Waals surface area contributed by atoms with Crippen LogP contribution in [0.2, 0.25) is 5.02 Å². The Bertz CT molecular complexity index is 555. The second kappa shape index (κ2) is 6.14. The van der Waals surface area contributed by atoms with Gasteiger partial charge in [0, 0.05) is 6.54 Å². The zero-order chi connectivity index (χ0) is 13.8. The van der Waals surface area contributed by atoms with Crippen LogP contribution in [0.25, 0.3) is 0 Å². The lowest BCUT2D eigenvalue weighted by Crippen LogP contribution is -2.31. The van der Waals surface area contributed by atoms with E-state index in [2.05, 4.69) is 10.5 Å². The number of hydrazine groups is 1. The second-order valence-electron chi connectivity index (χ2n) is 4.26. The van der Waals surface area contributed by atoms with E-state index in [0.29, 0.717) is 10.6 Å². The first kappa shape index (κ1) is 14.0. The maximum atomic E-state index is 13.3. The summed E-state index contributed by atoms with van der Waals surface area (Å²) < 4.78 is 15.1. The average Bonchev–Trinajstić information content (AvgIpc) is 2.74. The molecule has 0 saturated carbocycles. The molecular formula is C13H16ClFN4. The van der Waals surface area contributed by atoms with Crippen molar-refractivity contribution in [2.75, 3.05) is 0 Å². The summed E-state index contributed by atoms with van der Waals surface area (Å²) in [5.74, 6) is 5.30. The van der Waals surface area contributed by atoms with Crippen LogP contribution < -0.4 is 11.3 Å². The van der Waals surface area contributed by atoms with E-state index >= 15 is 0 Å². The molecule has 0 radical (unpaired) electrons. The zero-order valence-electron chi connectivity index (χ0n) is 10.6. The minimum atomic E-state index is -0.391. The van der Waals surface area contributed by atoms with E-state index in [9.17, 15) is 4.39 Å². The summed E-state index contributed by atoms with van der Waals surface area (Å²) in [6.07, 6.45) is 2.50. The number of halogens is 2. The number of nitrogens with two attached hydrogens (primary N) is 1. The van der Waals surface area contributed by atoms with Crippen LogP contribution in [0.15, 0.2) is 30.5 Å². The van der Waals surface area contributed by atoms with Crippen LogP contribution in [0, 0.1) is 5.82 Å². The highest BCUT2D eigenvalue weighted by atomic mass is 35.5. The van der Waals surface area contributed by atoms with Gasteiger partial charge in [0.1, 0.15) is 5.82 Å². The van der Waals surface area contributed by atoms with Gasteiger partial charge in [-0.25, -0.2) is 9.82 Å². The molecule has 1 unspecified atom stereocenters. The molecule has 102 valence electrons. The molecule has 1 heterocycles. The molecule has 0 fully saturated rings. The van der Waals surface area contributed by atoms with Gasteiger partial charge >= 0.3 is 0 Å². The van der Waals surface area contributed by atoms with Crippen LogP contribution >= 0.6 is 11.6 Å². The Morgan fingerprint density at radius 2 is 2.32 bits per heavy atom. The molecule has 1 atom stereocenters. The zero-order valence-corrected chi connectivity index (χ0v) is 11.4. The minimum Gasteiger partial charge on any atom is -0.271 e. The molecule has 1 aromatic heterocycles. The number of hydrogen-bond donors (Lipinski definition) is 2. The molecule has 19 heavy (non-hydrogen) atoms. The van der Waals surface area contributed by atoms with Gasteiger partial charge in [0.25, 0.3) is 0 Å². The maximum Gasteiger partial charge on any atom is 0.123 e. The molecule has 6 heteroatoms. The van der Waals surface area contributed by atoms with Crippen molar-refractivity contribution in [1.82, 2.24) is 15.2 Å². The third kappa shape index (κ3) is 2.94. The van der Waals surface area contributed by atoms with Gasteiger partial charge in [0.2, 0.25) is 0 Å². The Labute approximate surface area is 116 Å². The van der Waals surface area contributed by atoms with Crippen molar-refractivity contribution in [2.24, 2.45) is 5.84 Å². The van der Waals surface area contributed by atoms with Gasteiger partial charge in [0.15, 0.2) is 0 Å². The van der Waals surface area contributed by atoms with Gasteiger partial charge in [-0.05, 0) is 24.1 Å². The van der Waals surface area contributed by atoms with Gasteiger partial charge in [-0.2, -0.15) is 5.10 Å². The summed E-state index contributed by atoms with van der Waals surface area (Å²) in [5.41, 5.74) is 4.13. The fraction of sp³-hybridized carbons (Fsp3) is 0.308. The third-order valence-electron chi connectivity index (χ3n) is 2.89. The van der Waals surface area contributed by atoms with Crippen molar-refractivity contribution in [3.05, 3.63) is 52.6 Å². The third-order valence-corrected chi connectivity index (χ3v) is 3.18. The predicted octanol–water partition coefficient (Wildman–Crippen LogP) is 2.64. The van der Waals surface area contributed by atoms with E-state index in [0.717, 1.165) is 18.7 Å². The Morgan fingerprint density at radius 3 is 2.95 bits per heavy atom. The normalized spacial score (nSPS) is 12.6. The minimum absolute atomic E-state index is 0.310. The standard InChI is InChI=1S/C13H16ClFN4/c1-2-6-19-13(11(14)8-17-19)12(18-16)9-4-3-5-10(15)7-9/h3-5,7-8,12,18H,2,6,16H2,1H3. The van der Waals surface area contributed by atoms with Gasteiger partial charge in [-0.1, -0.05) is 30.7 Å².